The van der Waals surface area contributed by atoms with Gasteiger partial charge in [0.15, 0.2) is 0 Å². The summed E-state index contributed by atoms with van der Waals surface area (Å²) in [5.41, 5.74) is 0. The van der Waals surface area contributed by atoms with Crippen LogP contribution in [0.2, 0.25) is 0 Å². The van der Waals surface area contributed by atoms with E-state index in [-0.39, 0.29) is 0 Å². The predicted octanol–water partition coefficient (Wildman–Crippen LogP) is 2.71. The van der Waals surface area contributed by atoms with E-state index in [2.05, 4.69) is 36.2 Å². The van der Waals surface area contributed by atoms with E-state index in [4.69, 9.17) is 11.8 Å². The summed E-state index contributed by atoms with van der Waals surface area (Å²) in [5, 5.41) is 1.37. The Bertz CT molecular complexity index is 340. The van der Waals surface area contributed by atoms with Gasteiger partial charge in [0.2, 0.25) is 0 Å². The normalized spacial score (nSPS) is 27.7. The first-order chi connectivity index (χ1) is 5.81. The zero-order valence-corrected chi connectivity index (χ0v) is 8.52. The van der Waals surface area contributed by atoms with Crippen LogP contribution in [0.1, 0.15) is 6.42 Å². The fraction of sp³-hybridized carbons (Fsp3) is 0.200. The van der Waals surface area contributed by atoms with Crippen LogP contribution in [0.3, 0.4) is 0 Å². The van der Waals surface area contributed by atoms with Crippen LogP contribution in [-0.2, 0) is 11.8 Å². The summed E-state index contributed by atoms with van der Waals surface area (Å²) in [6, 6.07) is 9.26. The van der Waals surface area contributed by atoms with Crippen molar-refractivity contribution in [3.8, 4) is 0 Å². The van der Waals surface area contributed by atoms with Crippen LogP contribution < -0.4 is 5.30 Å². The van der Waals surface area contributed by atoms with Gasteiger partial charge < -0.3 is 0 Å². The molecule has 1 aromatic rings. The molecule has 1 heterocycles. The van der Waals surface area contributed by atoms with Gasteiger partial charge in [-0.3, -0.25) is 0 Å². The first kappa shape index (κ1) is 8.22. The highest BCUT2D eigenvalue weighted by atomic mass is 32.4. The summed E-state index contributed by atoms with van der Waals surface area (Å²) in [6.07, 6.45) is 4.59. The second kappa shape index (κ2) is 3.16. The molecule has 0 N–H and O–H groups in total. The molecule has 0 aliphatic carbocycles. The van der Waals surface area contributed by atoms with E-state index < -0.39 is 6.04 Å². The third-order valence-electron chi connectivity index (χ3n) is 2.17. The first-order valence-electron chi connectivity index (χ1n) is 4.13. The van der Waals surface area contributed by atoms with E-state index in [1.165, 1.54) is 17.9 Å². The average Bonchev–Trinajstić information content (AvgIpc) is 2.55. The van der Waals surface area contributed by atoms with Crippen molar-refractivity contribution in [1.29, 1.82) is 0 Å². The molecule has 0 fully saturated rings. The lowest BCUT2D eigenvalue weighted by Gasteiger charge is -2.12. The summed E-state index contributed by atoms with van der Waals surface area (Å²) >= 11 is 5.66. The fourth-order valence-corrected chi connectivity index (χ4v) is 4.70. The highest BCUT2D eigenvalue weighted by Crippen LogP contribution is 2.50. The maximum Gasteiger partial charge on any atom is 0.00365 e. The van der Waals surface area contributed by atoms with Gasteiger partial charge in [-0.1, -0.05) is 54.0 Å². The second-order valence-corrected chi connectivity index (χ2v) is 7.84. The summed E-state index contributed by atoms with van der Waals surface area (Å²) in [4.78, 5) is 0. The minimum Gasteiger partial charge on any atom is -0.0882 e. The maximum atomic E-state index is 5.66. The monoisotopic (exact) mass is 194 g/mol. The minimum absolute atomic E-state index is 1.17. The molecule has 1 aromatic carbocycles. The number of hydrogen-bond acceptors (Lipinski definition) is 1. The Balaban J connectivity index is 2.43. The van der Waals surface area contributed by atoms with E-state index in [0.29, 0.717) is 0 Å². The summed E-state index contributed by atoms with van der Waals surface area (Å²) in [6.45, 7) is 0. The molecule has 0 saturated carbocycles. The highest BCUT2D eigenvalue weighted by molar-refractivity contribution is 8.19. The molecule has 0 spiro atoms. The Labute approximate surface area is 78.3 Å². The van der Waals surface area contributed by atoms with Gasteiger partial charge in [-0.2, -0.15) is 0 Å². The number of hydrogen-bond donors (Lipinski definition) is 0. The first-order valence-corrected chi connectivity index (χ1v) is 7.19. The molecule has 2 rings (SSSR count). The van der Waals surface area contributed by atoms with Gasteiger partial charge in [0.25, 0.3) is 0 Å². The molecule has 0 aromatic heterocycles. The van der Waals surface area contributed by atoms with Crippen molar-refractivity contribution >= 4 is 23.1 Å². The second-order valence-electron chi connectivity index (χ2n) is 3.03. The Morgan fingerprint density at radius 1 is 1.17 bits per heavy atom. The Morgan fingerprint density at radius 3 is 2.50 bits per heavy atom. The van der Waals surface area contributed by atoms with Gasteiger partial charge in [0, 0.05) is 6.04 Å². The third kappa shape index (κ3) is 1.39. The fourth-order valence-electron chi connectivity index (χ4n) is 1.48. The topological polar surface area (TPSA) is 0 Å². The van der Waals surface area contributed by atoms with Gasteiger partial charge in [-0.05, 0) is 17.9 Å². The smallest absolute Gasteiger partial charge is 0.00365 e. The molecule has 0 radical (unpaired) electrons. The van der Waals surface area contributed by atoms with Crippen LogP contribution >= 0.6 is 6.04 Å². The lowest BCUT2D eigenvalue weighted by molar-refractivity contribution is 1.27. The zero-order valence-electron chi connectivity index (χ0n) is 6.81. The van der Waals surface area contributed by atoms with E-state index >= 15 is 0 Å². The summed E-state index contributed by atoms with van der Waals surface area (Å²) in [7, 11) is 0. The Kier molecular flexibility index (Phi) is 2.16. The van der Waals surface area contributed by atoms with Crippen molar-refractivity contribution in [1.82, 2.24) is 0 Å². The quantitative estimate of drug-likeness (QED) is 0.619. The van der Waals surface area contributed by atoms with Crippen LogP contribution in [-0.4, -0.2) is 6.16 Å². The highest BCUT2D eigenvalue weighted by Gasteiger charge is 2.18. The molecule has 0 unspecified atom stereocenters. The van der Waals surface area contributed by atoms with Crippen molar-refractivity contribution < 1.29 is 0 Å². The van der Waals surface area contributed by atoms with Gasteiger partial charge in [0.05, 0.1) is 0 Å². The molecule has 1 aliphatic heterocycles. The maximum absolute atomic E-state index is 5.66. The molecule has 62 valence electrons. The largest absolute Gasteiger partial charge is 0.0882 e. The molecule has 0 bridgehead atoms. The van der Waals surface area contributed by atoms with Crippen LogP contribution in [0.25, 0.3) is 0 Å². The van der Waals surface area contributed by atoms with Crippen molar-refractivity contribution in [2.24, 2.45) is 0 Å². The van der Waals surface area contributed by atoms with Gasteiger partial charge >= 0.3 is 0 Å². The third-order valence-corrected chi connectivity index (χ3v) is 6.50. The lowest BCUT2D eigenvalue weighted by Crippen LogP contribution is -2.01. The summed E-state index contributed by atoms with van der Waals surface area (Å²) in [5.74, 6) is 2.26. The molecule has 0 nitrogen and oxygen atoms in total. The molecule has 1 atom stereocenters. The number of benzene rings is 1. The van der Waals surface area contributed by atoms with Crippen molar-refractivity contribution in [2.45, 2.75) is 6.42 Å². The molecule has 0 amide bonds. The van der Waals surface area contributed by atoms with Crippen molar-refractivity contribution in [2.75, 3.05) is 6.16 Å². The average molecular weight is 194 g/mol. The standard InChI is InChI=1S/C10H11PS/c12-11(8-4-5-9-11)10-6-2-1-3-7-10/h1-4,6-8H,5,9H2/t11-/m0/s1. The van der Waals surface area contributed by atoms with E-state index in [0.717, 1.165) is 0 Å². The molecule has 1 aliphatic rings. The predicted molar refractivity (Wildman–Crippen MR) is 59.0 cm³/mol. The number of allylic oxidation sites excluding steroid dienone is 1. The van der Waals surface area contributed by atoms with Crippen molar-refractivity contribution in [3.63, 3.8) is 0 Å². The van der Waals surface area contributed by atoms with E-state index in [1.807, 2.05) is 6.07 Å². The van der Waals surface area contributed by atoms with Gasteiger partial charge in [-0.15, -0.1) is 0 Å². The zero-order chi connectivity index (χ0) is 8.44. The van der Waals surface area contributed by atoms with Crippen LogP contribution in [0.4, 0.5) is 0 Å². The SMILES string of the molecule is S=[P@@]1(c2ccccc2)C=CCC1. The summed E-state index contributed by atoms with van der Waals surface area (Å²) < 4.78 is 0. The molecular formula is C10H11PS. The molecule has 12 heavy (non-hydrogen) atoms. The van der Waals surface area contributed by atoms with Crippen molar-refractivity contribution in [3.05, 3.63) is 42.2 Å². The van der Waals surface area contributed by atoms with Crippen LogP contribution in [0, 0.1) is 0 Å². The van der Waals surface area contributed by atoms with Crippen LogP contribution in [0.15, 0.2) is 42.2 Å². The lowest BCUT2D eigenvalue weighted by atomic mass is 10.4. The Morgan fingerprint density at radius 2 is 1.92 bits per heavy atom. The van der Waals surface area contributed by atoms with E-state index in [1.54, 1.807) is 0 Å². The van der Waals surface area contributed by atoms with E-state index in [9.17, 15) is 0 Å². The molecular weight excluding hydrogens is 183 g/mol. The molecule has 2 heteroatoms. The minimum atomic E-state index is -1.27. The number of rotatable bonds is 1. The van der Waals surface area contributed by atoms with Crippen LogP contribution in [0.5, 0.6) is 0 Å². The molecule has 0 saturated heterocycles. The van der Waals surface area contributed by atoms with Gasteiger partial charge in [-0.25, -0.2) is 0 Å². The Hall–Kier alpha value is -0.390. The van der Waals surface area contributed by atoms with Gasteiger partial charge in [0.1, 0.15) is 0 Å².